The Hall–Kier alpha value is -3.36. The lowest BCUT2D eigenvalue weighted by Gasteiger charge is -2.38. The minimum Gasteiger partial charge on any atom is -0.485 e. The van der Waals surface area contributed by atoms with Crippen molar-refractivity contribution < 1.29 is 14.3 Å². The van der Waals surface area contributed by atoms with E-state index in [4.69, 9.17) is 31.0 Å². The Bertz CT molecular complexity index is 1420. The van der Waals surface area contributed by atoms with E-state index >= 15 is 0 Å². The van der Waals surface area contributed by atoms with E-state index in [1.54, 1.807) is 0 Å². The molecule has 0 spiro atoms. The molecule has 4 heterocycles. The van der Waals surface area contributed by atoms with Crippen LogP contribution in [0.5, 0.6) is 11.8 Å². The highest BCUT2D eigenvalue weighted by Gasteiger charge is 2.36. The van der Waals surface area contributed by atoms with Crippen LogP contribution < -0.4 is 14.4 Å². The first-order chi connectivity index (χ1) is 19.4. The predicted molar refractivity (Wildman–Crippen MR) is 158 cm³/mol. The fraction of sp³-hybridized carbons (Fsp3) is 0.452. The van der Waals surface area contributed by atoms with Crippen LogP contribution in [-0.2, 0) is 4.79 Å². The summed E-state index contributed by atoms with van der Waals surface area (Å²) in [5.41, 5.74) is 1.97. The number of aromatic nitrogens is 2. The zero-order chi connectivity index (χ0) is 27.8. The van der Waals surface area contributed by atoms with Crippen molar-refractivity contribution in [3.63, 3.8) is 0 Å². The van der Waals surface area contributed by atoms with Gasteiger partial charge >= 0.3 is 6.01 Å². The number of nitrogens with zero attached hydrogens (tertiary/aromatic N) is 5. The Kier molecular flexibility index (Phi) is 7.55. The van der Waals surface area contributed by atoms with E-state index in [0.717, 1.165) is 58.7 Å². The lowest BCUT2D eigenvalue weighted by molar-refractivity contribution is -0.127. The van der Waals surface area contributed by atoms with Gasteiger partial charge in [-0.05, 0) is 62.4 Å². The molecule has 40 heavy (non-hydrogen) atoms. The Labute approximate surface area is 240 Å². The van der Waals surface area contributed by atoms with Crippen LogP contribution in [0.3, 0.4) is 0 Å². The third kappa shape index (κ3) is 4.99. The first kappa shape index (κ1) is 26.8. The average molecular weight is 562 g/mol. The standard InChI is InChI=1S/C31H36ClN5O3/c1-4-26(38)37-16-13-21(14-17-37)28-29-30(34-31(33-28)40-18-22-10-7-15-35(22)2)36(3)25(19-39-29)23-11-5-8-20-9-6-12-24(32)27(20)23/h4-6,8-9,11-12,21-22,25H,1,7,10,13-19H2,2-3H3/t22-,25?/m0/s1. The molecule has 1 amide bonds. The number of likely N-dealkylation sites (N-methyl/N-ethyl adjacent to an activating group) is 2. The van der Waals surface area contributed by atoms with E-state index in [1.165, 1.54) is 12.5 Å². The average Bonchev–Trinajstić information content (AvgIpc) is 3.40. The van der Waals surface area contributed by atoms with Crippen LogP contribution in [0.25, 0.3) is 10.8 Å². The van der Waals surface area contributed by atoms with E-state index in [1.807, 2.05) is 17.0 Å². The summed E-state index contributed by atoms with van der Waals surface area (Å²) in [6.45, 7) is 7.03. The second-order valence-corrected chi connectivity index (χ2v) is 11.5. The van der Waals surface area contributed by atoms with Gasteiger partial charge in [-0.25, -0.2) is 0 Å². The molecule has 0 radical (unpaired) electrons. The zero-order valence-electron chi connectivity index (χ0n) is 23.2. The number of ether oxygens (including phenoxy) is 2. The maximum absolute atomic E-state index is 12.2. The molecule has 2 atom stereocenters. The minimum absolute atomic E-state index is 0.0274. The molecule has 1 aromatic heterocycles. The smallest absolute Gasteiger partial charge is 0.318 e. The van der Waals surface area contributed by atoms with Crippen LogP contribution in [-0.4, -0.2) is 78.7 Å². The zero-order valence-corrected chi connectivity index (χ0v) is 23.9. The van der Waals surface area contributed by atoms with Gasteiger partial charge in [0.1, 0.15) is 13.2 Å². The van der Waals surface area contributed by atoms with Gasteiger partial charge in [0, 0.05) is 42.5 Å². The highest BCUT2D eigenvalue weighted by molar-refractivity contribution is 6.35. The molecule has 2 fully saturated rings. The predicted octanol–water partition coefficient (Wildman–Crippen LogP) is 5.22. The number of piperidine rings is 1. The summed E-state index contributed by atoms with van der Waals surface area (Å²) in [6, 6.07) is 12.9. The van der Waals surface area contributed by atoms with E-state index < -0.39 is 0 Å². The minimum atomic E-state index is -0.0836. The van der Waals surface area contributed by atoms with Crippen LogP contribution in [0.4, 0.5) is 5.82 Å². The molecule has 0 N–H and O–H groups in total. The maximum atomic E-state index is 12.2. The number of halogens is 1. The molecular formula is C31H36ClN5O3. The molecule has 8 nitrogen and oxygen atoms in total. The van der Waals surface area contributed by atoms with E-state index in [9.17, 15) is 4.79 Å². The van der Waals surface area contributed by atoms with Crippen LogP contribution in [0.2, 0.25) is 5.02 Å². The summed E-state index contributed by atoms with van der Waals surface area (Å²) in [7, 11) is 4.19. The number of anilines is 1. The van der Waals surface area contributed by atoms with Gasteiger partial charge in [-0.1, -0.05) is 48.5 Å². The third-order valence-corrected chi connectivity index (χ3v) is 9.04. The third-order valence-electron chi connectivity index (χ3n) is 8.73. The number of carbonyl (C=O) groups excluding carboxylic acids is 1. The quantitative estimate of drug-likeness (QED) is 0.382. The van der Waals surface area contributed by atoms with Crippen molar-refractivity contribution in [3.8, 4) is 11.8 Å². The van der Waals surface area contributed by atoms with Crippen molar-refractivity contribution in [1.82, 2.24) is 19.8 Å². The van der Waals surface area contributed by atoms with Crippen molar-refractivity contribution >= 4 is 34.1 Å². The molecule has 3 aromatic rings. The van der Waals surface area contributed by atoms with Gasteiger partial charge in [0.25, 0.3) is 0 Å². The van der Waals surface area contributed by atoms with Gasteiger partial charge < -0.3 is 24.2 Å². The number of fused-ring (bicyclic) bond motifs is 2. The second kappa shape index (κ2) is 11.3. The summed E-state index contributed by atoms with van der Waals surface area (Å²) < 4.78 is 12.8. The van der Waals surface area contributed by atoms with Gasteiger partial charge in [0.05, 0.1) is 11.7 Å². The van der Waals surface area contributed by atoms with Crippen molar-refractivity contribution in [3.05, 3.63) is 65.3 Å². The summed E-state index contributed by atoms with van der Waals surface area (Å²) in [5.74, 6) is 1.55. The number of hydrogen-bond acceptors (Lipinski definition) is 7. The van der Waals surface area contributed by atoms with Gasteiger partial charge in [-0.2, -0.15) is 9.97 Å². The molecule has 0 bridgehead atoms. The number of rotatable bonds is 6. The lowest BCUT2D eigenvalue weighted by Crippen LogP contribution is -2.38. The summed E-state index contributed by atoms with van der Waals surface area (Å²) in [6.07, 6.45) is 5.26. The highest BCUT2D eigenvalue weighted by atomic mass is 35.5. The lowest BCUT2D eigenvalue weighted by atomic mass is 9.91. The van der Waals surface area contributed by atoms with Crippen molar-refractivity contribution in [2.75, 3.05) is 51.8 Å². The Balaban J connectivity index is 1.35. The molecule has 2 saturated heterocycles. The molecule has 2 aromatic carbocycles. The Morgan fingerprint density at radius 1 is 1.12 bits per heavy atom. The van der Waals surface area contributed by atoms with Crippen molar-refractivity contribution in [2.24, 2.45) is 0 Å². The van der Waals surface area contributed by atoms with Crippen LogP contribution >= 0.6 is 11.6 Å². The van der Waals surface area contributed by atoms with E-state index in [-0.39, 0.29) is 17.9 Å². The molecule has 0 aliphatic carbocycles. The Morgan fingerprint density at radius 3 is 2.62 bits per heavy atom. The number of carbonyl (C=O) groups is 1. The van der Waals surface area contributed by atoms with Crippen LogP contribution in [0.15, 0.2) is 49.1 Å². The largest absolute Gasteiger partial charge is 0.485 e. The van der Waals surface area contributed by atoms with Gasteiger partial charge in [-0.15, -0.1) is 0 Å². The summed E-state index contributed by atoms with van der Waals surface area (Å²) in [5, 5.41) is 2.85. The normalized spacial score (nSPS) is 21.8. The van der Waals surface area contributed by atoms with Crippen LogP contribution in [0.1, 0.15) is 48.9 Å². The second-order valence-electron chi connectivity index (χ2n) is 11.1. The molecule has 210 valence electrons. The molecule has 9 heteroatoms. The summed E-state index contributed by atoms with van der Waals surface area (Å²) in [4.78, 5) is 28.4. The molecule has 6 rings (SSSR count). The molecule has 3 aliphatic rings. The molecule has 0 saturated carbocycles. The number of likely N-dealkylation sites (tertiary alicyclic amines) is 2. The first-order valence-electron chi connectivity index (χ1n) is 14.1. The highest BCUT2D eigenvalue weighted by Crippen LogP contribution is 2.45. The number of benzene rings is 2. The topological polar surface area (TPSA) is 71.0 Å². The summed E-state index contributed by atoms with van der Waals surface area (Å²) >= 11 is 6.70. The van der Waals surface area contributed by atoms with Crippen molar-refractivity contribution in [2.45, 2.75) is 43.7 Å². The fourth-order valence-corrected chi connectivity index (χ4v) is 6.63. The first-order valence-corrected chi connectivity index (χ1v) is 14.5. The van der Waals surface area contributed by atoms with Gasteiger partial charge in [0.15, 0.2) is 11.6 Å². The Morgan fingerprint density at radius 2 is 1.90 bits per heavy atom. The molecule has 3 aliphatic heterocycles. The van der Waals surface area contributed by atoms with Gasteiger partial charge in [0.2, 0.25) is 5.91 Å². The van der Waals surface area contributed by atoms with E-state index in [2.05, 4.69) is 54.7 Å². The van der Waals surface area contributed by atoms with E-state index in [0.29, 0.717) is 44.1 Å². The SMILES string of the molecule is C=CC(=O)N1CCC(c2nc(OC[C@@H]3CCCN3C)nc3c2OCC(c2cccc4cccc(Cl)c24)N3C)CC1. The maximum Gasteiger partial charge on any atom is 0.318 e. The number of amides is 1. The van der Waals surface area contributed by atoms with Crippen molar-refractivity contribution in [1.29, 1.82) is 0 Å². The van der Waals surface area contributed by atoms with Gasteiger partial charge in [-0.3, -0.25) is 4.79 Å². The number of hydrogen-bond donors (Lipinski definition) is 0. The molecular weight excluding hydrogens is 526 g/mol. The molecule has 1 unspecified atom stereocenters. The fourth-order valence-electron chi connectivity index (χ4n) is 6.34. The van der Waals surface area contributed by atoms with Crippen LogP contribution in [0, 0.1) is 0 Å². The monoisotopic (exact) mass is 561 g/mol.